The molecule has 1 aromatic rings. The Morgan fingerprint density at radius 2 is 2.06 bits per heavy atom. The van der Waals surface area contributed by atoms with Gasteiger partial charge in [-0.15, -0.1) is 0 Å². The van der Waals surface area contributed by atoms with Gasteiger partial charge in [-0.05, 0) is 18.6 Å². The molecule has 1 aliphatic rings. The van der Waals surface area contributed by atoms with Crippen LogP contribution >= 0.6 is 0 Å². The van der Waals surface area contributed by atoms with Gasteiger partial charge in [0.2, 0.25) is 0 Å². The van der Waals surface area contributed by atoms with Crippen molar-refractivity contribution < 1.29 is 9.53 Å². The highest BCUT2D eigenvalue weighted by molar-refractivity contribution is 5.91. The molecule has 0 N–H and O–H groups in total. The van der Waals surface area contributed by atoms with Gasteiger partial charge in [0.15, 0.2) is 0 Å². The highest BCUT2D eigenvalue weighted by Gasteiger charge is 2.24. The van der Waals surface area contributed by atoms with E-state index in [0.717, 1.165) is 16.7 Å². The van der Waals surface area contributed by atoms with Crippen LogP contribution in [-0.4, -0.2) is 12.1 Å². The Hall–Kier alpha value is -1.83. The fourth-order valence-corrected chi connectivity index (χ4v) is 1.93. The lowest BCUT2D eigenvalue weighted by molar-refractivity contribution is -0.139. The predicted molar refractivity (Wildman–Crippen MR) is 67.5 cm³/mol. The Morgan fingerprint density at radius 3 is 2.71 bits per heavy atom. The maximum absolute atomic E-state index is 11.7. The first-order valence-electron chi connectivity index (χ1n) is 5.75. The lowest BCUT2D eigenvalue weighted by Gasteiger charge is -2.06. The van der Waals surface area contributed by atoms with Gasteiger partial charge in [0.05, 0.1) is 0 Å². The van der Waals surface area contributed by atoms with E-state index in [1.807, 2.05) is 43.3 Å². The molecular formula is C15H16O2. The van der Waals surface area contributed by atoms with E-state index in [1.54, 1.807) is 0 Å². The largest absolute Gasteiger partial charge is 0.454 e. The van der Waals surface area contributed by atoms with Crippen molar-refractivity contribution in [1.82, 2.24) is 0 Å². The summed E-state index contributed by atoms with van der Waals surface area (Å²) in [4.78, 5) is 11.7. The number of esters is 1. The molecule has 0 radical (unpaired) electrons. The van der Waals surface area contributed by atoms with Crippen LogP contribution in [0.4, 0.5) is 0 Å². The summed E-state index contributed by atoms with van der Waals surface area (Å²) < 4.78 is 5.26. The molecular weight excluding hydrogens is 212 g/mol. The molecule has 0 amide bonds. The summed E-state index contributed by atoms with van der Waals surface area (Å²) in [6.45, 7) is 5.77. The van der Waals surface area contributed by atoms with E-state index in [4.69, 9.17) is 4.74 Å². The monoisotopic (exact) mass is 228 g/mol. The average molecular weight is 228 g/mol. The van der Waals surface area contributed by atoms with Crippen LogP contribution in [0.1, 0.15) is 18.9 Å². The van der Waals surface area contributed by atoms with Gasteiger partial charge < -0.3 is 4.74 Å². The molecule has 2 nitrogen and oxygen atoms in total. The fourth-order valence-electron chi connectivity index (χ4n) is 1.93. The summed E-state index contributed by atoms with van der Waals surface area (Å²) >= 11 is 0. The fraction of sp³-hybridized carbons (Fsp3) is 0.267. The third-order valence-corrected chi connectivity index (χ3v) is 2.69. The zero-order chi connectivity index (χ0) is 12.3. The second-order valence-electron chi connectivity index (χ2n) is 4.46. The summed E-state index contributed by atoms with van der Waals surface area (Å²) in [7, 11) is 0. The van der Waals surface area contributed by atoms with E-state index in [2.05, 4.69) is 6.58 Å². The minimum absolute atomic E-state index is 0.126. The number of carbonyl (C=O) groups is 1. The van der Waals surface area contributed by atoms with Crippen LogP contribution in [0, 0.1) is 0 Å². The molecule has 0 spiro atoms. The molecule has 88 valence electrons. The topological polar surface area (TPSA) is 26.3 Å². The minimum Gasteiger partial charge on any atom is -0.454 e. The third kappa shape index (κ3) is 3.06. The first-order chi connectivity index (χ1) is 8.15. The van der Waals surface area contributed by atoms with Gasteiger partial charge >= 0.3 is 5.97 Å². The summed E-state index contributed by atoms with van der Waals surface area (Å²) in [5, 5.41) is 0. The molecule has 0 aromatic heterocycles. The highest BCUT2D eigenvalue weighted by Crippen LogP contribution is 2.21. The molecule has 2 heteroatoms. The van der Waals surface area contributed by atoms with Crippen LogP contribution in [0.2, 0.25) is 0 Å². The highest BCUT2D eigenvalue weighted by atomic mass is 16.5. The van der Waals surface area contributed by atoms with Crippen molar-refractivity contribution in [3.8, 4) is 0 Å². The van der Waals surface area contributed by atoms with Crippen LogP contribution in [0.3, 0.4) is 0 Å². The SMILES string of the molecule is C=C(C)C[C@@H]1C=C(Cc2ccccc2)C(=O)O1. The minimum atomic E-state index is -0.194. The molecule has 0 saturated carbocycles. The van der Waals surface area contributed by atoms with E-state index < -0.39 is 0 Å². The Kier molecular flexibility index (Phi) is 3.43. The number of benzene rings is 1. The molecule has 1 aliphatic heterocycles. The first-order valence-corrected chi connectivity index (χ1v) is 5.75. The van der Waals surface area contributed by atoms with Gasteiger partial charge in [-0.25, -0.2) is 4.79 Å². The maximum atomic E-state index is 11.7. The Morgan fingerprint density at radius 1 is 1.35 bits per heavy atom. The van der Waals surface area contributed by atoms with E-state index in [-0.39, 0.29) is 12.1 Å². The number of hydrogen-bond acceptors (Lipinski definition) is 2. The average Bonchev–Trinajstić information content (AvgIpc) is 2.59. The molecule has 1 heterocycles. The number of ether oxygens (including phenoxy) is 1. The van der Waals surface area contributed by atoms with Gasteiger partial charge in [-0.1, -0.05) is 42.5 Å². The van der Waals surface area contributed by atoms with Crippen molar-refractivity contribution >= 4 is 5.97 Å². The van der Waals surface area contributed by atoms with E-state index in [1.165, 1.54) is 0 Å². The lowest BCUT2D eigenvalue weighted by atomic mass is 10.0. The predicted octanol–water partition coefficient (Wildman–Crippen LogP) is 3.05. The lowest BCUT2D eigenvalue weighted by Crippen LogP contribution is -2.08. The van der Waals surface area contributed by atoms with Crippen LogP contribution in [0.15, 0.2) is 54.1 Å². The summed E-state index contributed by atoms with van der Waals surface area (Å²) in [5.41, 5.74) is 2.91. The zero-order valence-corrected chi connectivity index (χ0v) is 9.98. The van der Waals surface area contributed by atoms with Crippen molar-refractivity contribution in [2.24, 2.45) is 0 Å². The zero-order valence-electron chi connectivity index (χ0n) is 9.98. The molecule has 17 heavy (non-hydrogen) atoms. The van der Waals surface area contributed by atoms with E-state index >= 15 is 0 Å². The number of rotatable bonds is 4. The first kappa shape index (κ1) is 11.6. The van der Waals surface area contributed by atoms with Crippen LogP contribution in [0.25, 0.3) is 0 Å². The molecule has 1 atom stereocenters. The molecule has 0 bridgehead atoms. The molecule has 0 aliphatic carbocycles. The number of carbonyl (C=O) groups excluding carboxylic acids is 1. The summed E-state index contributed by atoms with van der Waals surface area (Å²) in [5.74, 6) is -0.194. The Balaban J connectivity index is 2.06. The second kappa shape index (κ2) is 5.00. The van der Waals surface area contributed by atoms with Gasteiger partial charge in [0.1, 0.15) is 6.10 Å². The van der Waals surface area contributed by atoms with Gasteiger partial charge in [-0.2, -0.15) is 0 Å². The van der Waals surface area contributed by atoms with E-state index in [9.17, 15) is 4.79 Å². The van der Waals surface area contributed by atoms with Crippen molar-refractivity contribution in [3.63, 3.8) is 0 Å². The Bertz CT molecular complexity index is 457. The summed E-state index contributed by atoms with van der Waals surface area (Å²) in [6, 6.07) is 9.94. The quantitative estimate of drug-likeness (QED) is 0.585. The third-order valence-electron chi connectivity index (χ3n) is 2.69. The van der Waals surface area contributed by atoms with Crippen molar-refractivity contribution in [3.05, 3.63) is 59.7 Å². The summed E-state index contributed by atoms with van der Waals surface area (Å²) in [6.07, 6.45) is 3.15. The van der Waals surface area contributed by atoms with Crippen molar-refractivity contribution in [1.29, 1.82) is 0 Å². The normalized spacial score (nSPS) is 18.8. The Labute approximate surface area is 102 Å². The van der Waals surface area contributed by atoms with Gasteiger partial charge in [-0.3, -0.25) is 0 Å². The molecule has 0 unspecified atom stereocenters. The number of cyclic esters (lactones) is 1. The van der Waals surface area contributed by atoms with E-state index in [0.29, 0.717) is 12.8 Å². The molecule has 2 rings (SSSR count). The van der Waals surface area contributed by atoms with Crippen LogP contribution < -0.4 is 0 Å². The smallest absolute Gasteiger partial charge is 0.334 e. The van der Waals surface area contributed by atoms with Gasteiger partial charge in [0.25, 0.3) is 0 Å². The second-order valence-corrected chi connectivity index (χ2v) is 4.46. The maximum Gasteiger partial charge on any atom is 0.334 e. The molecule has 0 fully saturated rings. The molecule has 1 aromatic carbocycles. The van der Waals surface area contributed by atoms with Crippen LogP contribution in [0.5, 0.6) is 0 Å². The molecule has 0 saturated heterocycles. The van der Waals surface area contributed by atoms with Crippen LogP contribution in [-0.2, 0) is 16.0 Å². The van der Waals surface area contributed by atoms with Crippen molar-refractivity contribution in [2.75, 3.05) is 0 Å². The van der Waals surface area contributed by atoms with Gasteiger partial charge in [0, 0.05) is 18.4 Å². The standard InChI is InChI=1S/C15H16O2/c1-11(2)8-14-10-13(15(16)17-14)9-12-6-4-3-5-7-12/h3-7,10,14H,1,8-9H2,2H3/t14-/m1/s1. The van der Waals surface area contributed by atoms with Crippen molar-refractivity contribution in [2.45, 2.75) is 25.9 Å². The number of hydrogen-bond donors (Lipinski definition) is 0.